The molecule has 8 heteroatoms. The maximum atomic E-state index is 13.7. The highest BCUT2D eigenvalue weighted by Crippen LogP contribution is 2.21. The van der Waals surface area contributed by atoms with Crippen molar-refractivity contribution in [2.45, 2.75) is 20.8 Å². The summed E-state index contributed by atoms with van der Waals surface area (Å²) in [6.45, 7) is 4.40. The summed E-state index contributed by atoms with van der Waals surface area (Å²) in [4.78, 5) is 39.4. The predicted octanol–water partition coefficient (Wildman–Crippen LogP) is 3.64. The minimum atomic E-state index is -1.00. The van der Waals surface area contributed by atoms with Gasteiger partial charge in [-0.15, -0.1) is 0 Å². The number of aryl methyl sites for hydroxylation is 2. The van der Waals surface area contributed by atoms with Gasteiger partial charge in [-0.1, -0.05) is 11.6 Å². The molecule has 0 aliphatic heterocycles. The number of ether oxygens (including phenoxy) is 2. The SMILES string of the molecule is CCOC(=O)c1c(C)[nH]c(C)c1C(=O)COC(=O)c1ccc(Cl)cc1F. The van der Waals surface area contributed by atoms with Crippen molar-refractivity contribution in [1.82, 2.24) is 4.98 Å². The van der Waals surface area contributed by atoms with E-state index in [1.54, 1.807) is 20.8 Å². The van der Waals surface area contributed by atoms with Gasteiger partial charge in [-0.3, -0.25) is 4.79 Å². The Morgan fingerprint density at radius 3 is 2.35 bits per heavy atom. The van der Waals surface area contributed by atoms with Crippen molar-refractivity contribution in [2.75, 3.05) is 13.2 Å². The van der Waals surface area contributed by atoms with Gasteiger partial charge in [0, 0.05) is 16.4 Å². The van der Waals surface area contributed by atoms with Gasteiger partial charge >= 0.3 is 11.9 Å². The molecule has 0 unspecified atom stereocenters. The fourth-order valence-electron chi connectivity index (χ4n) is 2.52. The number of carbonyl (C=O) groups excluding carboxylic acids is 3. The summed E-state index contributed by atoms with van der Waals surface area (Å²) >= 11 is 5.63. The Morgan fingerprint density at radius 2 is 1.73 bits per heavy atom. The Morgan fingerprint density at radius 1 is 1.08 bits per heavy atom. The van der Waals surface area contributed by atoms with E-state index in [0.717, 1.165) is 6.07 Å². The van der Waals surface area contributed by atoms with Crippen molar-refractivity contribution < 1.29 is 28.2 Å². The summed E-state index contributed by atoms with van der Waals surface area (Å²) in [7, 11) is 0. The summed E-state index contributed by atoms with van der Waals surface area (Å²) in [5, 5.41) is 0.132. The number of ketones is 1. The van der Waals surface area contributed by atoms with E-state index in [4.69, 9.17) is 21.1 Å². The van der Waals surface area contributed by atoms with Crippen LogP contribution in [0.5, 0.6) is 0 Å². The Hall–Kier alpha value is -2.67. The molecule has 0 atom stereocenters. The number of rotatable bonds is 6. The lowest BCUT2D eigenvalue weighted by Gasteiger charge is -2.07. The second-order valence-electron chi connectivity index (χ2n) is 5.47. The lowest BCUT2D eigenvalue weighted by Crippen LogP contribution is -2.18. The third-order valence-corrected chi connectivity index (χ3v) is 3.85. The molecule has 0 radical (unpaired) electrons. The number of halogens is 2. The summed E-state index contributed by atoms with van der Waals surface area (Å²) in [5.41, 5.74) is 0.770. The number of Topliss-reactive ketones (excluding diaryl/α,β-unsaturated/α-hetero) is 1. The van der Waals surface area contributed by atoms with Crippen molar-refractivity contribution in [3.63, 3.8) is 0 Å². The molecule has 1 N–H and O–H groups in total. The van der Waals surface area contributed by atoms with Crippen LogP contribution in [0.25, 0.3) is 0 Å². The number of aromatic amines is 1. The summed E-state index contributed by atoms with van der Waals surface area (Å²) in [6, 6.07) is 3.47. The van der Waals surface area contributed by atoms with Crippen molar-refractivity contribution in [2.24, 2.45) is 0 Å². The maximum Gasteiger partial charge on any atom is 0.341 e. The highest BCUT2D eigenvalue weighted by Gasteiger charge is 2.26. The van der Waals surface area contributed by atoms with Crippen LogP contribution in [0.4, 0.5) is 4.39 Å². The Bertz CT molecular complexity index is 875. The Labute approximate surface area is 154 Å². The monoisotopic (exact) mass is 381 g/mol. The third kappa shape index (κ3) is 4.11. The molecule has 1 heterocycles. The van der Waals surface area contributed by atoms with Crippen LogP contribution in [0.3, 0.4) is 0 Å². The summed E-state index contributed by atoms with van der Waals surface area (Å²) < 4.78 is 23.6. The average molecular weight is 382 g/mol. The maximum absolute atomic E-state index is 13.7. The first-order valence-electron chi connectivity index (χ1n) is 7.77. The van der Waals surface area contributed by atoms with Crippen molar-refractivity contribution >= 4 is 29.3 Å². The molecule has 2 aromatic rings. The number of nitrogens with one attached hydrogen (secondary N) is 1. The molecule has 138 valence electrons. The van der Waals surface area contributed by atoms with E-state index in [0.29, 0.717) is 11.4 Å². The second-order valence-corrected chi connectivity index (χ2v) is 5.91. The fourth-order valence-corrected chi connectivity index (χ4v) is 2.68. The molecule has 1 aromatic heterocycles. The van der Waals surface area contributed by atoms with E-state index in [1.807, 2.05) is 0 Å². The van der Waals surface area contributed by atoms with E-state index in [2.05, 4.69) is 4.98 Å². The largest absolute Gasteiger partial charge is 0.462 e. The van der Waals surface area contributed by atoms with Crippen LogP contribution in [0.1, 0.15) is 49.4 Å². The van der Waals surface area contributed by atoms with Gasteiger partial charge in [0.1, 0.15) is 5.82 Å². The van der Waals surface area contributed by atoms with Gasteiger partial charge in [0.05, 0.1) is 23.3 Å². The number of esters is 2. The standard InChI is InChI=1S/C18H17ClFNO5/c1-4-25-18(24)16-10(3)21-9(2)15(16)14(22)8-26-17(23)12-6-5-11(19)7-13(12)20/h5-7,21H,4,8H2,1-3H3. The molecular formula is C18H17ClFNO5. The zero-order valence-electron chi connectivity index (χ0n) is 14.4. The van der Waals surface area contributed by atoms with E-state index in [1.165, 1.54) is 12.1 Å². The molecule has 26 heavy (non-hydrogen) atoms. The first-order valence-corrected chi connectivity index (χ1v) is 8.15. The van der Waals surface area contributed by atoms with Gasteiger partial charge in [-0.2, -0.15) is 0 Å². The van der Waals surface area contributed by atoms with Crippen molar-refractivity contribution in [3.05, 3.63) is 57.1 Å². The zero-order valence-corrected chi connectivity index (χ0v) is 15.2. The van der Waals surface area contributed by atoms with Crippen LogP contribution >= 0.6 is 11.6 Å². The van der Waals surface area contributed by atoms with Crippen molar-refractivity contribution in [1.29, 1.82) is 0 Å². The van der Waals surface area contributed by atoms with Gasteiger partial charge in [0.25, 0.3) is 0 Å². The molecule has 0 saturated heterocycles. The van der Waals surface area contributed by atoms with Crippen LogP contribution in [0.2, 0.25) is 5.02 Å². The number of H-pyrrole nitrogens is 1. The highest BCUT2D eigenvalue weighted by atomic mass is 35.5. The number of hydrogen-bond donors (Lipinski definition) is 1. The van der Waals surface area contributed by atoms with Gasteiger partial charge in [0.2, 0.25) is 5.78 Å². The lowest BCUT2D eigenvalue weighted by atomic mass is 10.1. The molecular weight excluding hydrogens is 365 g/mol. The molecule has 0 aliphatic rings. The van der Waals surface area contributed by atoms with E-state index < -0.39 is 30.1 Å². The van der Waals surface area contributed by atoms with Crippen molar-refractivity contribution in [3.8, 4) is 0 Å². The molecule has 6 nitrogen and oxygen atoms in total. The van der Waals surface area contributed by atoms with Crippen LogP contribution in [-0.4, -0.2) is 35.9 Å². The molecule has 2 rings (SSSR count). The quantitative estimate of drug-likeness (QED) is 0.610. The minimum Gasteiger partial charge on any atom is -0.462 e. The summed E-state index contributed by atoms with van der Waals surface area (Å²) in [6.07, 6.45) is 0. The predicted molar refractivity (Wildman–Crippen MR) is 92.2 cm³/mol. The molecule has 0 fully saturated rings. The Kier molecular flexibility index (Phi) is 6.15. The van der Waals surface area contributed by atoms with Gasteiger partial charge in [0.15, 0.2) is 6.61 Å². The fraction of sp³-hybridized carbons (Fsp3) is 0.278. The number of benzene rings is 1. The van der Waals surface area contributed by atoms with Gasteiger partial charge < -0.3 is 14.5 Å². The molecule has 0 saturated carbocycles. The molecule has 0 amide bonds. The van der Waals surface area contributed by atoms with Crippen LogP contribution < -0.4 is 0 Å². The van der Waals surface area contributed by atoms with E-state index >= 15 is 0 Å². The number of hydrogen-bond acceptors (Lipinski definition) is 5. The summed E-state index contributed by atoms with van der Waals surface area (Å²) in [5.74, 6) is -3.10. The van der Waals surface area contributed by atoms with E-state index in [9.17, 15) is 18.8 Å². The van der Waals surface area contributed by atoms with Gasteiger partial charge in [-0.05, 0) is 39.0 Å². The minimum absolute atomic E-state index is 0.0883. The van der Waals surface area contributed by atoms with Crippen LogP contribution in [0, 0.1) is 19.7 Å². The van der Waals surface area contributed by atoms with Crippen LogP contribution in [-0.2, 0) is 9.47 Å². The normalized spacial score (nSPS) is 10.5. The van der Waals surface area contributed by atoms with E-state index in [-0.39, 0.29) is 28.3 Å². The number of aromatic nitrogens is 1. The smallest absolute Gasteiger partial charge is 0.341 e. The first kappa shape index (κ1) is 19.7. The zero-order chi connectivity index (χ0) is 19.4. The molecule has 1 aromatic carbocycles. The average Bonchev–Trinajstić information content (AvgIpc) is 2.86. The lowest BCUT2D eigenvalue weighted by molar-refractivity contribution is 0.0467. The second kappa shape index (κ2) is 8.14. The number of carbonyl (C=O) groups is 3. The highest BCUT2D eigenvalue weighted by molar-refractivity contribution is 6.30. The third-order valence-electron chi connectivity index (χ3n) is 3.62. The van der Waals surface area contributed by atoms with Crippen LogP contribution in [0.15, 0.2) is 18.2 Å². The topological polar surface area (TPSA) is 85.5 Å². The molecule has 0 aliphatic carbocycles. The Balaban J connectivity index is 2.18. The van der Waals surface area contributed by atoms with Gasteiger partial charge in [-0.25, -0.2) is 14.0 Å². The first-order chi connectivity index (χ1) is 12.3. The molecule has 0 spiro atoms. The molecule has 0 bridgehead atoms.